The van der Waals surface area contributed by atoms with E-state index in [4.69, 9.17) is 15.3 Å². The van der Waals surface area contributed by atoms with Crippen LogP contribution in [0.25, 0.3) is 0 Å². The van der Waals surface area contributed by atoms with Crippen molar-refractivity contribution in [3.63, 3.8) is 0 Å². The zero-order valence-corrected chi connectivity index (χ0v) is 5.93. The number of hydrogen-bond acceptors (Lipinski definition) is 3. The van der Waals surface area contributed by atoms with Crippen molar-refractivity contribution in [2.75, 3.05) is 0 Å². The Labute approximate surface area is 73.5 Å². The zero-order valence-electron chi connectivity index (χ0n) is 5.72. The molecule has 5 nitrogen and oxygen atoms in total. The van der Waals surface area contributed by atoms with Crippen LogP contribution in [0.3, 0.4) is 0 Å². The maximum Gasteiger partial charge on any atom is 2.00 e. The predicted octanol–water partition coefficient (Wildman–Crippen LogP) is -1.97. The van der Waals surface area contributed by atoms with E-state index in [0.717, 1.165) is 0 Å². The van der Waals surface area contributed by atoms with Crippen LogP contribution in [-0.2, 0) is 4.79 Å². The Morgan fingerprint density at radius 3 is 1.14 bits per heavy atom. The van der Waals surface area contributed by atoms with Gasteiger partial charge in [0.2, 0.25) is 0 Å². The molecule has 0 amide bonds. The number of rotatable bonds is 0. The average Bonchev–Trinajstić information content (AvgIpc) is 1.50. The Kier molecular flexibility index (Phi) is 2520. The molecule has 0 atom stereocenters. The van der Waals surface area contributed by atoms with Crippen molar-refractivity contribution >= 4 is 44.5 Å². The first-order valence-electron chi connectivity index (χ1n) is 0.489. The Balaban J connectivity index is -0.00000000114. The molecule has 6 heteroatoms. The molecular weight excluding hydrogens is 132 g/mol. The molecule has 0 unspecified atom stereocenters. The summed E-state index contributed by atoms with van der Waals surface area (Å²) >= 11 is 0. The van der Waals surface area contributed by atoms with Gasteiger partial charge in [0, 0.05) is 0 Å². The van der Waals surface area contributed by atoms with Crippen molar-refractivity contribution in [2.45, 2.75) is 0 Å². The van der Waals surface area contributed by atoms with Crippen molar-refractivity contribution in [2.24, 2.45) is 0 Å². The summed E-state index contributed by atoms with van der Waals surface area (Å²) in [6, 6.07) is 0. The van der Waals surface area contributed by atoms with E-state index < -0.39 is 0 Å². The molecule has 0 aromatic heterocycles. The van der Waals surface area contributed by atoms with Crippen molar-refractivity contribution < 1.29 is 29.1 Å². The fourth-order valence-electron chi connectivity index (χ4n) is 0. The van der Waals surface area contributed by atoms with Crippen LogP contribution in [0.4, 0.5) is 0 Å². The number of hydrogen-bond donors (Lipinski definition) is 2. The van der Waals surface area contributed by atoms with Gasteiger partial charge in [0.05, 0.1) is 0 Å². The van der Waals surface area contributed by atoms with E-state index in [1.54, 1.807) is 0 Å². The van der Waals surface area contributed by atoms with Gasteiger partial charge in [-0.05, 0) is 0 Å². The zero-order chi connectivity index (χ0) is 4.00. The van der Waals surface area contributed by atoms with E-state index in [9.17, 15) is 0 Å². The molecule has 0 aromatic carbocycles. The standard InChI is InChI=1S/CH2O.Ca.H2O2.2H2O.2H/c1-2;;1-2;;;;/h1H2;;1-2H;2*1H2;;/q;+2;;;;2*-1. The van der Waals surface area contributed by atoms with Gasteiger partial charge in [-0.2, -0.15) is 0 Å². The van der Waals surface area contributed by atoms with Crippen LogP contribution in [0.1, 0.15) is 2.85 Å². The molecule has 0 aromatic rings. The maximum absolute atomic E-state index is 8.00. The van der Waals surface area contributed by atoms with Crippen molar-refractivity contribution in [1.29, 1.82) is 0 Å². The molecule has 0 bridgehead atoms. The molecule has 0 spiro atoms. The fourth-order valence-corrected chi connectivity index (χ4v) is 0. The second-order valence-corrected chi connectivity index (χ2v) is 0. The molecule has 0 aliphatic carbocycles. The molecule has 7 heavy (non-hydrogen) atoms. The smallest absolute Gasteiger partial charge is 1.00 e. The van der Waals surface area contributed by atoms with Crippen LogP contribution in [0.5, 0.6) is 0 Å². The number of carbonyl (C=O) groups excluding carboxylic acids is 1. The first kappa shape index (κ1) is 46.4. The van der Waals surface area contributed by atoms with Crippen LogP contribution in [0.15, 0.2) is 0 Å². The summed E-state index contributed by atoms with van der Waals surface area (Å²) in [6.45, 7) is 2.00. The van der Waals surface area contributed by atoms with E-state index in [1.807, 2.05) is 6.79 Å². The molecule has 0 fully saturated rings. The minimum atomic E-state index is 0. The molecule has 0 radical (unpaired) electrons. The number of carbonyl (C=O) groups is 1. The van der Waals surface area contributed by atoms with Crippen LogP contribution in [0.2, 0.25) is 0 Å². The molecule has 0 aliphatic rings. The minimum Gasteiger partial charge on any atom is -1.00 e. The first-order valence-corrected chi connectivity index (χ1v) is 0.489. The average molecular weight is 142 g/mol. The van der Waals surface area contributed by atoms with E-state index in [0.29, 0.717) is 0 Å². The second kappa shape index (κ2) is 380. The van der Waals surface area contributed by atoms with Gasteiger partial charge in [-0.25, -0.2) is 0 Å². The molecule has 0 saturated heterocycles. The van der Waals surface area contributed by atoms with E-state index in [-0.39, 0.29) is 51.5 Å². The largest absolute Gasteiger partial charge is 2.00 e. The molecule has 0 aliphatic heterocycles. The van der Waals surface area contributed by atoms with E-state index >= 15 is 0 Å². The van der Waals surface area contributed by atoms with Crippen LogP contribution in [-0.4, -0.2) is 66.0 Å². The molecular formula is CH10CaO5. The van der Waals surface area contributed by atoms with Crippen LogP contribution < -0.4 is 0 Å². The summed E-state index contributed by atoms with van der Waals surface area (Å²) in [4.78, 5) is 8.00. The second-order valence-electron chi connectivity index (χ2n) is 0. The molecule has 0 rings (SSSR count). The van der Waals surface area contributed by atoms with Crippen molar-refractivity contribution in [3.8, 4) is 0 Å². The Morgan fingerprint density at radius 2 is 1.14 bits per heavy atom. The quantitative estimate of drug-likeness (QED) is 0.232. The van der Waals surface area contributed by atoms with Gasteiger partial charge in [-0.1, -0.05) is 0 Å². The molecule has 0 heterocycles. The SMILES string of the molecule is C=O.O.O.OO.[Ca+2].[H-].[H-]. The Hall–Kier alpha value is 0.770. The topological polar surface area (TPSA) is 121 Å². The van der Waals surface area contributed by atoms with Crippen LogP contribution in [0, 0.1) is 0 Å². The van der Waals surface area contributed by atoms with Gasteiger partial charge in [-0.3, -0.25) is 10.5 Å². The summed E-state index contributed by atoms with van der Waals surface area (Å²) in [7, 11) is 0. The van der Waals surface area contributed by atoms with E-state index in [2.05, 4.69) is 0 Å². The van der Waals surface area contributed by atoms with Gasteiger partial charge in [0.15, 0.2) is 0 Å². The molecule has 6 N–H and O–H groups in total. The Morgan fingerprint density at radius 1 is 1.14 bits per heavy atom. The van der Waals surface area contributed by atoms with Crippen molar-refractivity contribution in [3.05, 3.63) is 0 Å². The molecule has 46 valence electrons. The summed E-state index contributed by atoms with van der Waals surface area (Å²) < 4.78 is 0. The Bertz CT molecular complexity index is 14.9. The van der Waals surface area contributed by atoms with Gasteiger partial charge >= 0.3 is 37.7 Å². The third-order valence-electron chi connectivity index (χ3n) is 0. The minimum absolute atomic E-state index is 0. The summed E-state index contributed by atoms with van der Waals surface area (Å²) in [5.74, 6) is 0. The summed E-state index contributed by atoms with van der Waals surface area (Å²) in [5, 5.41) is 12.0. The molecule has 0 saturated carbocycles. The monoisotopic (exact) mass is 142 g/mol. The normalized spacial score (nSPS) is 1.43. The maximum atomic E-state index is 8.00. The van der Waals surface area contributed by atoms with Crippen molar-refractivity contribution in [1.82, 2.24) is 0 Å². The summed E-state index contributed by atoms with van der Waals surface area (Å²) in [5.41, 5.74) is 0. The fraction of sp³-hybridized carbons (Fsp3) is 0. The van der Waals surface area contributed by atoms with Gasteiger partial charge < -0.3 is 18.6 Å². The third kappa shape index (κ3) is 260. The van der Waals surface area contributed by atoms with Gasteiger partial charge in [0.1, 0.15) is 6.79 Å². The first-order chi connectivity index (χ1) is 2.00. The van der Waals surface area contributed by atoms with E-state index in [1.165, 1.54) is 0 Å². The predicted molar refractivity (Wildman–Crippen MR) is 27.6 cm³/mol. The third-order valence-corrected chi connectivity index (χ3v) is 0. The summed E-state index contributed by atoms with van der Waals surface area (Å²) in [6.07, 6.45) is 0. The van der Waals surface area contributed by atoms with Crippen LogP contribution >= 0.6 is 0 Å². The van der Waals surface area contributed by atoms with Gasteiger partial charge in [-0.15, -0.1) is 0 Å². The van der Waals surface area contributed by atoms with Gasteiger partial charge in [0.25, 0.3) is 0 Å².